The first-order valence-corrected chi connectivity index (χ1v) is 9.24. The fourth-order valence-corrected chi connectivity index (χ4v) is 4.67. The molecule has 1 fully saturated rings. The summed E-state index contributed by atoms with van der Waals surface area (Å²) in [7, 11) is -3.50. The molecule has 1 aromatic carbocycles. The van der Waals surface area contributed by atoms with Gasteiger partial charge in [0.2, 0.25) is 10.0 Å². The molecule has 2 atom stereocenters. The zero-order chi connectivity index (χ0) is 16.3. The second-order valence-electron chi connectivity index (χ2n) is 5.96. The van der Waals surface area contributed by atoms with Gasteiger partial charge in [0.25, 0.3) is 0 Å². The van der Waals surface area contributed by atoms with Gasteiger partial charge in [-0.2, -0.15) is 4.31 Å². The Kier molecular flexibility index (Phi) is 5.24. The monoisotopic (exact) mass is 325 g/mol. The topological polar surface area (TPSA) is 74.7 Å². The Morgan fingerprint density at radius 1 is 1.23 bits per heavy atom. The van der Waals surface area contributed by atoms with E-state index in [0.29, 0.717) is 12.8 Å². The lowest BCUT2D eigenvalue weighted by Crippen LogP contribution is -2.47. The minimum absolute atomic E-state index is 0.0753. The summed E-state index contributed by atoms with van der Waals surface area (Å²) in [5, 5.41) is 9.13. The van der Waals surface area contributed by atoms with Crippen molar-refractivity contribution in [1.29, 1.82) is 0 Å². The van der Waals surface area contributed by atoms with Gasteiger partial charge >= 0.3 is 5.97 Å². The largest absolute Gasteiger partial charge is 0.481 e. The molecule has 0 spiro atoms. The van der Waals surface area contributed by atoms with Gasteiger partial charge in [-0.15, -0.1) is 0 Å². The van der Waals surface area contributed by atoms with Gasteiger partial charge in [-0.1, -0.05) is 31.2 Å². The van der Waals surface area contributed by atoms with Crippen LogP contribution in [-0.2, 0) is 27.0 Å². The minimum atomic E-state index is -3.50. The number of nitrogens with zero attached hydrogens (tertiary/aromatic N) is 1. The van der Waals surface area contributed by atoms with E-state index in [1.165, 1.54) is 9.87 Å². The number of benzene rings is 1. The van der Waals surface area contributed by atoms with E-state index in [4.69, 9.17) is 5.11 Å². The maximum Gasteiger partial charge on any atom is 0.307 e. The van der Waals surface area contributed by atoms with Crippen molar-refractivity contribution in [2.24, 2.45) is 5.92 Å². The van der Waals surface area contributed by atoms with Crippen molar-refractivity contribution in [3.63, 3.8) is 0 Å². The van der Waals surface area contributed by atoms with Crippen LogP contribution in [0, 0.1) is 5.92 Å². The molecule has 122 valence electrons. The molecular formula is C16H23NO4S. The van der Waals surface area contributed by atoms with Gasteiger partial charge in [0, 0.05) is 12.6 Å². The van der Waals surface area contributed by atoms with Gasteiger partial charge in [-0.05, 0) is 37.3 Å². The third-order valence-electron chi connectivity index (χ3n) is 4.31. The summed E-state index contributed by atoms with van der Waals surface area (Å²) in [6.45, 7) is 3.97. The number of sulfonamides is 1. The van der Waals surface area contributed by atoms with Crippen LogP contribution in [0.5, 0.6) is 0 Å². The third kappa shape index (κ3) is 3.87. The van der Waals surface area contributed by atoms with Crippen molar-refractivity contribution in [1.82, 2.24) is 4.31 Å². The van der Waals surface area contributed by atoms with E-state index in [1.54, 1.807) is 0 Å². The number of aliphatic carboxylic acids is 1. The fourth-order valence-electron chi connectivity index (χ4n) is 2.83. The van der Waals surface area contributed by atoms with Gasteiger partial charge in [0.1, 0.15) is 0 Å². The van der Waals surface area contributed by atoms with Crippen molar-refractivity contribution in [3.8, 4) is 0 Å². The molecule has 5 nitrogen and oxygen atoms in total. The minimum Gasteiger partial charge on any atom is -0.481 e. The maximum absolute atomic E-state index is 12.6. The van der Waals surface area contributed by atoms with Crippen LogP contribution in [0.1, 0.15) is 37.8 Å². The Morgan fingerprint density at radius 2 is 1.82 bits per heavy atom. The quantitative estimate of drug-likeness (QED) is 0.901. The number of carboxylic acids is 1. The Bertz CT molecular complexity index is 624. The Labute approximate surface area is 132 Å². The van der Waals surface area contributed by atoms with Crippen LogP contribution in [0.2, 0.25) is 0 Å². The first kappa shape index (κ1) is 17.0. The molecule has 1 aliphatic rings. The van der Waals surface area contributed by atoms with E-state index in [2.05, 4.69) is 0 Å². The summed E-state index contributed by atoms with van der Waals surface area (Å²) >= 11 is 0. The molecular weight excluding hydrogens is 302 g/mol. The van der Waals surface area contributed by atoms with Crippen molar-refractivity contribution < 1.29 is 18.3 Å². The molecule has 1 aliphatic heterocycles. The Morgan fingerprint density at radius 3 is 2.36 bits per heavy atom. The lowest BCUT2D eigenvalue weighted by molar-refractivity contribution is -0.143. The Balaban J connectivity index is 2.15. The van der Waals surface area contributed by atoms with Gasteiger partial charge in [-0.3, -0.25) is 4.79 Å². The molecule has 0 radical (unpaired) electrons. The van der Waals surface area contributed by atoms with Crippen LogP contribution in [0.4, 0.5) is 0 Å². The van der Waals surface area contributed by atoms with E-state index in [0.717, 1.165) is 12.0 Å². The van der Waals surface area contributed by atoms with Gasteiger partial charge in [0.15, 0.2) is 0 Å². The highest BCUT2D eigenvalue weighted by atomic mass is 32.2. The molecule has 0 aromatic heterocycles. The molecule has 0 saturated carbocycles. The predicted molar refractivity (Wildman–Crippen MR) is 85.0 cm³/mol. The lowest BCUT2D eigenvalue weighted by atomic mass is 9.96. The maximum atomic E-state index is 12.6. The van der Waals surface area contributed by atoms with E-state index in [-0.39, 0.29) is 18.3 Å². The van der Waals surface area contributed by atoms with Crippen LogP contribution in [-0.4, -0.2) is 36.4 Å². The van der Waals surface area contributed by atoms with Crippen LogP contribution in [0.25, 0.3) is 0 Å². The molecule has 2 rings (SSSR count). The second kappa shape index (κ2) is 6.79. The first-order chi connectivity index (χ1) is 10.3. The average molecular weight is 325 g/mol. The summed E-state index contributed by atoms with van der Waals surface area (Å²) in [4.78, 5) is 11.1. The smallest absolute Gasteiger partial charge is 0.307 e. The van der Waals surface area contributed by atoms with Crippen molar-refractivity contribution in [3.05, 3.63) is 35.4 Å². The highest BCUT2D eigenvalue weighted by Crippen LogP contribution is 2.26. The molecule has 1 saturated heterocycles. The number of carbonyl (C=O) groups is 1. The molecule has 0 bridgehead atoms. The molecule has 1 heterocycles. The normalized spacial score (nSPS) is 23.4. The lowest BCUT2D eigenvalue weighted by Gasteiger charge is -2.35. The zero-order valence-corrected chi connectivity index (χ0v) is 13.8. The van der Waals surface area contributed by atoms with Crippen molar-refractivity contribution >= 4 is 16.0 Å². The summed E-state index contributed by atoms with van der Waals surface area (Å²) in [6, 6.07) is 7.39. The van der Waals surface area contributed by atoms with Gasteiger partial charge in [-0.25, -0.2) is 8.42 Å². The third-order valence-corrected chi connectivity index (χ3v) is 6.23. The predicted octanol–water partition coefficient (Wildman–Crippen LogP) is 2.26. The number of piperidine rings is 1. The molecule has 0 amide bonds. The molecule has 1 N–H and O–H groups in total. The summed E-state index contributed by atoms with van der Waals surface area (Å²) < 4.78 is 26.6. The van der Waals surface area contributed by atoms with E-state index in [9.17, 15) is 13.2 Å². The highest BCUT2D eigenvalue weighted by molar-refractivity contribution is 7.88. The van der Waals surface area contributed by atoms with E-state index in [1.807, 2.05) is 38.1 Å². The zero-order valence-electron chi connectivity index (χ0n) is 13.0. The number of carboxylic acid groups (broad SMARTS) is 1. The number of hydrogen-bond donors (Lipinski definition) is 1. The number of rotatable bonds is 5. The molecule has 1 aromatic rings. The highest BCUT2D eigenvalue weighted by Gasteiger charge is 2.36. The molecule has 6 heteroatoms. The second-order valence-corrected chi connectivity index (χ2v) is 7.88. The first-order valence-electron chi connectivity index (χ1n) is 7.63. The van der Waals surface area contributed by atoms with Crippen LogP contribution < -0.4 is 0 Å². The van der Waals surface area contributed by atoms with Gasteiger partial charge < -0.3 is 5.11 Å². The fraction of sp³-hybridized carbons (Fsp3) is 0.562. The van der Waals surface area contributed by atoms with E-state index < -0.39 is 21.9 Å². The van der Waals surface area contributed by atoms with Gasteiger partial charge in [0.05, 0.1) is 11.7 Å². The summed E-state index contributed by atoms with van der Waals surface area (Å²) in [6.07, 6.45) is 2.04. The van der Waals surface area contributed by atoms with E-state index >= 15 is 0 Å². The van der Waals surface area contributed by atoms with Crippen molar-refractivity contribution in [2.75, 3.05) is 6.54 Å². The number of aryl methyl sites for hydroxylation is 1. The average Bonchev–Trinajstić information content (AvgIpc) is 2.47. The Hall–Kier alpha value is -1.40. The van der Waals surface area contributed by atoms with Crippen LogP contribution in [0.3, 0.4) is 0 Å². The molecule has 2 unspecified atom stereocenters. The van der Waals surface area contributed by atoms with Crippen molar-refractivity contribution in [2.45, 2.75) is 44.9 Å². The van der Waals surface area contributed by atoms with Crippen LogP contribution >= 0.6 is 0 Å². The SMILES string of the molecule is CCc1ccc(CS(=O)(=O)N2CC(C(=O)O)CCC2C)cc1. The number of hydrogen-bond acceptors (Lipinski definition) is 3. The molecule has 0 aliphatic carbocycles. The van der Waals surface area contributed by atoms with Crippen LogP contribution in [0.15, 0.2) is 24.3 Å². The summed E-state index contributed by atoms with van der Waals surface area (Å²) in [5.41, 5.74) is 1.90. The summed E-state index contributed by atoms with van der Waals surface area (Å²) in [5.74, 6) is -1.60. The standard InChI is InChI=1S/C16H23NO4S/c1-3-13-5-7-14(8-6-13)11-22(20,21)17-10-15(16(18)19)9-4-12(17)2/h5-8,12,15H,3-4,9-11H2,1-2H3,(H,18,19). The molecule has 22 heavy (non-hydrogen) atoms.